The molecule has 1 saturated heterocycles. The van der Waals surface area contributed by atoms with Gasteiger partial charge in [0, 0.05) is 19.2 Å². The second-order valence-electron chi connectivity index (χ2n) is 6.26. The van der Waals surface area contributed by atoms with Crippen molar-refractivity contribution < 1.29 is 17.7 Å². The minimum atomic E-state index is -3.67. The van der Waals surface area contributed by atoms with E-state index in [1.807, 2.05) is 6.07 Å². The topological polar surface area (TPSA) is 104 Å². The highest BCUT2D eigenvalue weighted by atomic mass is 32.2. The first-order valence-electron chi connectivity index (χ1n) is 8.26. The van der Waals surface area contributed by atoms with Gasteiger partial charge in [0.1, 0.15) is 11.5 Å². The highest BCUT2D eigenvalue weighted by Crippen LogP contribution is 2.33. The van der Waals surface area contributed by atoms with Crippen LogP contribution in [0.5, 0.6) is 0 Å². The summed E-state index contributed by atoms with van der Waals surface area (Å²) in [5.41, 5.74) is 0.370. The minimum absolute atomic E-state index is 0.0506. The highest BCUT2D eigenvalue weighted by molar-refractivity contribution is 7.92. The number of benzene rings is 2. The predicted octanol–water partition coefficient (Wildman–Crippen LogP) is 3.05. The van der Waals surface area contributed by atoms with Crippen molar-refractivity contribution in [2.45, 2.75) is 23.0 Å². The number of nitrogens with zero attached hydrogens (tertiary/aromatic N) is 3. The van der Waals surface area contributed by atoms with Gasteiger partial charge in [-0.2, -0.15) is 5.26 Å². The van der Waals surface area contributed by atoms with Crippen molar-refractivity contribution in [1.29, 1.82) is 5.26 Å². The van der Waals surface area contributed by atoms with E-state index >= 15 is 0 Å². The van der Waals surface area contributed by atoms with E-state index in [9.17, 15) is 22.9 Å². The molecule has 0 spiro atoms. The number of nitriles is 1. The Kier molecular flexibility index (Phi) is 5.10. The first-order valence-corrected chi connectivity index (χ1v) is 9.80. The fourth-order valence-electron chi connectivity index (χ4n) is 3.25. The van der Waals surface area contributed by atoms with Crippen LogP contribution >= 0.6 is 0 Å². The first-order chi connectivity index (χ1) is 12.8. The lowest BCUT2D eigenvalue weighted by Gasteiger charge is -2.33. The lowest BCUT2D eigenvalue weighted by atomic mass is 10.1. The third-order valence-electron chi connectivity index (χ3n) is 4.65. The van der Waals surface area contributed by atoms with Gasteiger partial charge in [-0.3, -0.25) is 10.1 Å². The maximum absolute atomic E-state index is 13.4. The molecule has 0 atom stereocenters. The Labute approximate surface area is 155 Å². The number of rotatable bonds is 4. The van der Waals surface area contributed by atoms with Gasteiger partial charge in [-0.15, -0.1) is 0 Å². The molecule has 140 valence electrons. The molecule has 0 radical (unpaired) electrons. The van der Waals surface area contributed by atoms with Gasteiger partial charge < -0.3 is 4.90 Å². The molecule has 2 aromatic carbocycles. The van der Waals surface area contributed by atoms with E-state index in [1.165, 1.54) is 36.4 Å². The molecule has 0 N–H and O–H groups in total. The summed E-state index contributed by atoms with van der Waals surface area (Å²) in [6.45, 7) is 0.623. The Morgan fingerprint density at radius 2 is 1.89 bits per heavy atom. The molecule has 7 nitrogen and oxygen atoms in total. The van der Waals surface area contributed by atoms with Crippen molar-refractivity contribution >= 4 is 21.2 Å². The summed E-state index contributed by atoms with van der Waals surface area (Å²) in [5.74, 6) is -0.610. The fourth-order valence-corrected chi connectivity index (χ4v) is 5.01. The molecule has 1 aliphatic heterocycles. The molecule has 0 aliphatic carbocycles. The zero-order valence-corrected chi connectivity index (χ0v) is 15.0. The van der Waals surface area contributed by atoms with Crippen LogP contribution in [-0.4, -0.2) is 31.7 Å². The summed E-state index contributed by atoms with van der Waals surface area (Å²) < 4.78 is 38.8. The van der Waals surface area contributed by atoms with Crippen LogP contribution in [0.3, 0.4) is 0 Å². The number of nitro benzene ring substituents is 1. The Hall–Kier alpha value is -2.99. The molecule has 1 heterocycles. The Morgan fingerprint density at radius 1 is 1.19 bits per heavy atom. The molecule has 0 aromatic heterocycles. The van der Waals surface area contributed by atoms with Gasteiger partial charge in [0.05, 0.1) is 26.7 Å². The van der Waals surface area contributed by atoms with Crippen LogP contribution in [0.1, 0.15) is 18.4 Å². The van der Waals surface area contributed by atoms with Crippen molar-refractivity contribution in [2.75, 3.05) is 18.0 Å². The maximum Gasteiger partial charge on any atom is 0.293 e. The monoisotopic (exact) mass is 389 g/mol. The van der Waals surface area contributed by atoms with E-state index in [-0.39, 0.29) is 29.0 Å². The SMILES string of the molecule is N#Cc1ccc(N2CCC(S(=O)(=O)c3cccc(F)c3)CC2)c([N+](=O)[O-])c1. The summed E-state index contributed by atoms with van der Waals surface area (Å²) >= 11 is 0. The normalized spacial score (nSPS) is 15.3. The third kappa shape index (κ3) is 3.75. The molecular weight excluding hydrogens is 373 g/mol. The Morgan fingerprint density at radius 3 is 2.48 bits per heavy atom. The summed E-state index contributed by atoms with van der Waals surface area (Å²) in [6.07, 6.45) is 0.548. The van der Waals surface area contributed by atoms with Crippen LogP contribution in [0.4, 0.5) is 15.8 Å². The quantitative estimate of drug-likeness (QED) is 0.588. The van der Waals surface area contributed by atoms with Crippen molar-refractivity contribution in [2.24, 2.45) is 0 Å². The molecule has 0 bridgehead atoms. The molecule has 3 rings (SSSR count). The van der Waals surface area contributed by atoms with E-state index in [4.69, 9.17) is 5.26 Å². The smallest absolute Gasteiger partial charge is 0.293 e. The number of halogens is 1. The number of piperidine rings is 1. The Balaban J connectivity index is 1.80. The number of anilines is 1. The van der Waals surface area contributed by atoms with Gasteiger partial charge in [-0.1, -0.05) is 6.07 Å². The first kappa shape index (κ1) is 18.8. The van der Waals surface area contributed by atoms with Crippen molar-refractivity contribution in [3.8, 4) is 6.07 Å². The van der Waals surface area contributed by atoms with E-state index in [0.29, 0.717) is 18.8 Å². The van der Waals surface area contributed by atoms with Crippen LogP contribution in [-0.2, 0) is 9.84 Å². The van der Waals surface area contributed by atoms with Crippen molar-refractivity contribution in [3.05, 3.63) is 64.0 Å². The van der Waals surface area contributed by atoms with Crippen molar-refractivity contribution in [1.82, 2.24) is 0 Å². The average molecular weight is 389 g/mol. The van der Waals surface area contributed by atoms with E-state index in [0.717, 1.165) is 6.07 Å². The minimum Gasteiger partial charge on any atom is -0.366 e. The largest absolute Gasteiger partial charge is 0.366 e. The van der Waals surface area contributed by atoms with E-state index in [2.05, 4.69) is 0 Å². The summed E-state index contributed by atoms with van der Waals surface area (Å²) in [5, 5.41) is 19.6. The highest BCUT2D eigenvalue weighted by Gasteiger charge is 2.33. The molecule has 2 aromatic rings. The number of hydrogen-bond donors (Lipinski definition) is 0. The van der Waals surface area contributed by atoms with Gasteiger partial charge >= 0.3 is 0 Å². The number of sulfone groups is 1. The molecule has 1 fully saturated rings. The molecule has 9 heteroatoms. The van der Waals surface area contributed by atoms with Gasteiger partial charge in [-0.05, 0) is 43.2 Å². The van der Waals surface area contributed by atoms with Crippen LogP contribution in [0, 0.1) is 27.3 Å². The lowest BCUT2D eigenvalue weighted by molar-refractivity contribution is -0.384. The zero-order valence-electron chi connectivity index (χ0n) is 14.2. The molecule has 0 saturated carbocycles. The lowest BCUT2D eigenvalue weighted by Crippen LogP contribution is -2.39. The summed E-state index contributed by atoms with van der Waals surface area (Å²) in [6, 6.07) is 11.0. The van der Waals surface area contributed by atoms with Crippen LogP contribution < -0.4 is 4.90 Å². The fraction of sp³-hybridized carbons (Fsp3) is 0.278. The summed E-state index contributed by atoms with van der Waals surface area (Å²) in [7, 11) is -3.67. The average Bonchev–Trinajstić information content (AvgIpc) is 2.67. The van der Waals surface area contributed by atoms with Gasteiger partial charge in [0.25, 0.3) is 5.69 Å². The standard InChI is InChI=1S/C18H16FN3O4S/c19-14-2-1-3-16(11-14)27(25,26)15-6-8-21(9-7-15)17-5-4-13(12-20)10-18(17)22(23)24/h1-5,10-11,15H,6-9H2. The Bertz CT molecular complexity index is 1030. The maximum atomic E-state index is 13.4. The van der Waals surface area contributed by atoms with Gasteiger partial charge in [0.2, 0.25) is 0 Å². The number of nitro groups is 1. The zero-order chi connectivity index (χ0) is 19.6. The second kappa shape index (κ2) is 7.32. The molecular formula is C18H16FN3O4S. The molecule has 1 aliphatic rings. The van der Waals surface area contributed by atoms with E-state index < -0.39 is 25.8 Å². The second-order valence-corrected chi connectivity index (χ2v) is 8.49. The van der Waals surface area contributed by atoms with Crippen LogP contribution in [0.25, 0.3) is 0 Å². The molecule has 0 unspecified atom stereocenters. The predicted molar refractivity (Wildman–Crippen MR) is 96.6 cm³/mol. The summed E-state index contributed by atoms with van der Waals surface area (Å²) in [4.78, 5) is 12.5. The van der Waals surface area contributed by atoms with Gasteiger partial charge in [-0.25, -0.2) is 12.8 Å². The third-order valence-corrected chi connectivity index (χ3v) is 6.91. The molecule has 27 heavy (non-hydrogen) atoms. The van der Waals surface area contributed by atoms with Crippen LogP contribution in [0.2, 0.25) is 0 Å². The number of hydrogen-bond acceptors (Lipinski definition) is 6. The van der Waals surface area contributed by atoms with Gasteiger partial charge in [0.15, 0.2) is 9.84 Å². The van der Waals surface area contributed by atoms with E-state index in [1.54, 1.807) is 4.90 Å². The van der Waals surface area contributed by atoms with Crippen molar-refractivity contribution in [3.63, 3.8) is 0 Å². The van der Waals surface area contributed by atoms with Crippen LogP contribution in [0.15, 0.2) is 47.4 Å². The molecule has 0 amide bonds.